The van der Waals surface area contributed by atoms with Crippen LogP contribution in [0.2, 0.25) is 5.02 Å². The number of carbonyl (C=O) groups excluding carboxylic acids is 1. The number of hydrogen-bond donors (Lipinski definition) is 1. The number of amides is 1. The number of hydrogen-bond acceptors (Lipinski definition) is 6. The van der Waals surface area contributed by atoms with Crippen LogP contribution >= 0.6 is 11.6 Å². The van der Waals surface area contributed by atoms with Crippen molar-refractivity contribution < 1.29 is 23.6 Å². The van der Waals surface area contributed by atoms with Crippen molar-refractivity contribution in [1.82, 2.24) is 0 Å². The predicted molar refractivity (Wildman–Crippen MR) is 136 cm³/mol. The number of rotatable bonds is 9. The first kappa shape index (κ1) is 24.8. The van der Waals surface area contributed by atoms with E-state index in [1.807, 2.05) is 24.3 Å². The molecule has 0 unspecified atom stereocenters. The Hall–Kier alpha value is -4.30. The molecule has 3 aromatic carbocycles. The molecule has 0 aliphatic heterocycles. The number of nitro groups is 1. The summed E-state index contributed by atoms with van der Waals surface area (Å²) in [5.74, 6) is 1.66. The van der Waals surface area contributed by atoms with Gasteiger partial charge in [0.15, 0.2) is 5.76 Å². The normalized spacial score (nSPS) is 10.8. The largest absolute Gasteiger partial charge is 0.486 e. The summed E-state index contributed by atoms with van der Waals surface area (Å²) in [5, 5.41) is 14.5. The Balaban J connectivity index is 1.42. The molecule has 4 aromatic rings. The van der Waals surface area contributed by atoms with Gasteiger partial charge in [0.1, 0.15) is 29.6 Å². The van der Waals surface area contributed by atoms with E-state index in [9.17, 15) is 14.9 Å². The molecule has 0 atom stereocenters. The van der Waals surface area contributed by atoms with Crippen molar-refractivity contribution in [2.75, 3.05) is 5.32 Å². The van der Waals surface area contributed by atoms with Gasteiger partial charge in [0.2, 0.25) is 0 Å². The number of nitro benzene ring substituents is 1. The van der Waals surface area contributed by atoms with Gasteiger partial charge in [0.25, 0.3) is 11.6 Å². The number of nitrogens with one attached hydrogen (secondary N) is 1. The van der Waals surface area contributed by atoms with E-state index >= 15 is 0 Å². The quantitative estimate of drug-likeness (QED) is 0.185. The van der Waals surface area contributed by atoms with Gasteiger partial charge in [-0.2, -0.15) is 0 Å². The summed E-state index contributed by atoms with van der Waals surface area (Å²) in [5.41, 5.74) is 1.15. The second-order valence-electron chi connectivity index (χ2n) is 8.26. The van der Waals surface area contributed by atoms with Crippen LogP contribution in [-0.4, -0.2) is 10.8 Å². The molecule has 0 aliphatic carbocycles. The summed E-state index contributed by atoms with van der Waals surface area (Å²) in [7, 11) is 0. The van der Waals surface area contributed by atoms with Crippen molar-refractivity contribution in [2.24, 2.45) is 0 Å². The van der Waals surface area contributed by atoms with E-state index in [0.29, 0.717) is 28.2 Å². The van der Waals surface area contributed by atoms with Crippen LogP contribution in [0, 0.1) is 10.1 Å². The minimum Gasteiger partial charge on any atom is -0.486 e. The van der Waals surface area contributed by atoms with Crippen molar-refractivity contribution in [3.8, 4) is 17.2 Å². The molecular weight excluding hydrogens is 484 g/mol. The second kappa shape index (κ2) is 11.0. The van der Waals surface area contributed by atoms with Gasteiger partial charge in [-0.15, -0.1) is 0 Å². The number of non-ortho nitro benzene ring substituents is 1. The van der Waals surface area contributed by atoms with Gasteiger partial charge in [-0.25, -0.2) is 0 Å². The lowest BCUT2D eigenvalue weighted by molar-refractivity contribution is -0.384. The Morgan fingerprint density at radius 3 is 2.33 bits per heavy atom. The van der Waals surface area contributed by atoms with Crippen LogP contribution in [-0.2, 0) is 6.61 Å². The highest BCUT2D eigenvalue weighted by Crippen LogP contribution is 2.30. The number of ether oxygens (including phenoxy) is 2. The minimum atomic E-state index is -0.569. The van der Waals surface area contributed by atoms with Crippen molar-refractivity contribution in [3.63, 3.8) is 0 Å². The van der Waals surface area contributed by atoms with Crippen molar-refractivity contribution in [2.45, 2.75) is 26.4 Å². The van der Waals surface area contributed by atoms with E-state index in [0.717, 1.165) is 0 Å². The Morgan fingerprint density at radius 1 is 0.972 bits per heavy atom. The van der Waals surface area contributed by atoms with Crippen LogP contribution < -0.4 is 14.8 Å². The van der Waals surface area contributed by atoms with Gasteiger partial charge in [-0.3, -0.25) is 14.9 Å². The number of nitrogens with zero attached hydrogens (tertiary/aromatic N) is 1. The molecule has 0 radical (unpaired) electrons. The third-order valence-electron chi connectivity index (χ3n) is 5.22. The molecule has 0 spiro atoms. The lowest BCUT2D eigenvalue weighted by Crippen LogP contribution is -2.11. The molecule has 1 heterocycles. The predicted octanol–water partition coefficient (Wildman–Crippen LogP) is 7.59. The first-order chi connectivity index (χ1) is 17.3. The summed E-state index contributed by atoms with van der Waals surface area (Å²) >= 11 is 5.88. The molecule has 8 nitrogen and oxygen atoms in total. The number of benzene rings is 3. The van der Waals surface area contributed by atoms with E-state index in [4.69, 9.17) is 25.5 Å². The molecule has 0 saturated carbocycles. The highest BCUT2D eigenvalue weighted by molar-refractivity contribution is 6.30. The molecular formula is C27H23ClN2O6. The van der Waals surface area contributed by atoms with Gasteiger partial charge in [0.05, 0.1) is 16.7 Å². The molecule has 4 rings (SSSR count). The molecule has 1 N–H and O–H groups in total. The summed E-state index contributed by atoms with van der Waals surface area (Å²) < 4.78 is 17.0. The third kappa shape index (κ3) is 6.43. The molecule has 0 bridgehead atoms. The summed E-state index contributed by atoms with van der Waals surface area (Å²) in [6, 6.07) is 21.4. The van der Waals surface area contributed by atoms with Crippen molar-refractivity contribution in [1.29, 1.82) is 0 Å². The molecule has 1 amide bonds. The van der Waals surface area contributed by atoms with Crippen LogP contribution in [0.15, 0.2) is 83.3 Å². The number of halogens is 1. The summed E-state index contributed by atoms with van der Waals surface area (Å²) in [6.45, 7) is 4.38. The average Bonchev–Trinajstić information content (AvgIpc) is 3.33. The van der Waals surface area contributed by atoms with Gasteiger partial charge in [0, 0.05) is 17.2 Å². The Morgan fingerprint density at radius 2 is 1.67 bits per heavy atom. The zero-order valence-electron chi connectivity index (χ0n) is 19.6. The molecule has 9 heteroatoms. The standard InChI is InChI=1S/C27H23ClN2O6/c1-17(2)18-3-7-22(8-4-18)34-16-24-11-12-26(36-24)27(31)29-20-13-21(30(32)33)15-25(14-20)35-23-9-5-19(28)6-10-23/h3-15,17H,16H2,1-2H3,(H,29,31). The van der Waals surface area contributed by atoms with E-state index in [1.54, 1.807) is 30.3 Å². The van der Waals surface area contributed by atoms with Crippen molar-refractivity contribution in [3.05, 3.63) is 111 Å². The molecule has 36 heavy (non-hydrogen) atoms. The topological polar surface area (TPSA) is 104 Å². The number of furan rings is 1. The maximum absolute atomic E-state index is 12.7. The van der Waals surface area contributed by atoms with Gasteiger partial charge in [-0.05, 0) is 60.0 Å². The Bertz CT molecular complexity index is 1360. The Kier molecular flexibility index (Phi) is 7.56. The van der Waals surface area contributed by atoms with Crippen LogP contribution in [0.25, 0.3) is 0 Å². The average molecular weight is 507 g/mol. The van der Waals surface area contributed by atoms with E-state index < -0.39 is 10.8 Å². The van der Waals surface area contributed by atoms with Crippen molar-refractivity contribution >= 4 is 28.9 Å². The fraction of sp³-hybridized carbons (Fsp3) is 0.148. The van der Waals surface area contributed by atoms with E-state index in [-0.39, 0.29) is 29.5 Å². The highest BCUT2D eigenvalue weighted by atomic mass is 35.5. The highest BCUT2D eigenvalue weighted by Gasteiger charge is 2.16. The number of anilines is 1. The molecule has 0 aliphatic rings. The maximum atomic E-state index is 12.7. The van der Waals surface area contributed by atoms with Gasteiger partial charge in [-0.1, -0.05) is 37.6 Å². The van der Waals surface area contributed by atoms with Crippen LogP contribution in [0.3, 0.4) is 0 Å². The summed E-state index contributed by atoms with van der Waals surface area (Å²) in [4.78, 5) is 23.5. The monoisotopic (exact) mass is 506 g/mol. The first-order valence-corrected chi connectivity index (χ1v) is 11.5. The molecule has 0 saturated heterocycles. The van der Waals surface area contributed by atoms with Crippen LogP contribution in [0.4, 0.5) is 11.4 Å². The maximum Gasteiger partial charge on any atom is 0.291 e. The van der Waals surface area contributed by atoms with Crippen LogP contribution in [0.5, 0.6) is 17.2 Å². The lowest BCUT2D eigenvalue weighted by atomic mass is 10.0. The third-order valence-corrected chi connectivity index (χ3v) is 5.47. The fourth-order valence-electron chi connectivity index (χ4n) is 3.33. The zero-order chi connectivity index (χ0) is 25.7. The van der Waals surface area contributed by atoms with Gasteiger partial charge < -0.3 is 19.2 Å². The summed E-state index contributed by atoms with van der Waals surface area (Å²) in [6.07, 6.45) is 0. The molecule has 184 valence electrons. The molecule has 1 aromatic heterocycles. The number of carbonyl (C=O) groups is 1. The lowest BCUT2D eigenvalue weighted by Gasteiger charge is -2.09. The smallest absolute Gasteiger partial charge is 0.291 e. The second-order valence-corrected chi connectivity index (χ2v) is 8.70. The SMILES string of the molecule is CC(C)c1ccc(OCc2ccc(C(=O)Nc3cc(Oc4ccc(Cl)cc4)cc([N+](=O)[O-])c3)o2)cc1. The molecule has 0 fully saturated rings. The first-order valence-electron chi connectivity index (χ1n) is 11.1. The fourth-order valence-corrected chi connectivity index (χ4v) is 3.46. The van der Waals surface area contributed by atoms with Crippen LogP contribution in [0.1, 0.15) is 41.6 Å². The minimum absolute atomic E-state index is 0.0374. The van der Waals surface area contributed by atoms with E-state index in [1.165, 1.54) is 29.8 Å². The Labute approximate surface area is 212 Å². The van der Waals surface area contributed by atoms with E-state index in [2.05, 4.69) is 19.2 Å². The van der Waals surface area contributed by atoms with Gasteiger partial charge >= 0.3 is 0 Å². The zero-order valence-corrected chi connectivity index (χ0v) is 20.3.